The van der Waals surface area contributed by atoms with Crippen molar-refractivity contribution in [2.75, 3.05) is 0 Å². The summed E-state index contributed by atoms with van der Waals surface area (Å²) in [5, 5.41) is 8.97. The number of hydrogen-bond donors (Lipinski definition) is 0. The second-order valence-corrected chi connectivity index (χ2v) is 1.61. The van der Waals surface area contributed by atoms with Crippen LogP contribution >= 0.6 is 23.2 Å². The van der Waals surface area contributed by atoms with Crippen molar-refractivity contribution in [2.24, 2.45) is 0 Å². The lowest BCUT2D eigenvalue weighted by Crippen LogP contribution is -1.94. The minimum absolute atomic E-state index is 3.31. The molecule has 0 amide bonds. The highest BCUT2D eigenvalue weighted by molar-refractivity contribution is 6.45. The molecule has 0 spiro atoms. The van der Waals surface area contributed by atoms with Gasteiger partial charge in [0.15, 0.2) is 0 Å². The zero-order chi connectivity index (χ0) is 4.50. The van der Waals surface area contributed by atoms with Crippen LogP contribution in [0.2, 0.25) is 0 Å². The van der Waals surface area contributed by atoms with E-state index >= 15 is 0 Å². The predicted molar refractivity (Wildman–Crippen MR) is 16.2 cm³/mol. The molecule has 0 aliphatic rings. The van der Waals surface area contributed by atoms with Crippen LogP contribution in [0.5, 0.6) is 0 Å². The topological polar surface area (TPSA) is 19.9 Å². The molecule has 0 atom stereocenters. The van der Waals surface area contributed by atoms with E-state index in [0.29, 0.717) is 0 Å². The highest BCUT2D eigenvalue weighted by Gasteiger charge is 2.16. The Balaban J connectivity index is 3.02. The first-order valence-electron chi connectivity index (χ1n) is 0.771. The Labute approximate surface area is 38.3 Å². The highest BCUT2D eigenvalue weighted by Crippen LogP contribution is 2.17. The highest BCUT2D eigenvalue weighted by atomic mass is 35.5. The van der Waals surface area contributed by atoms with Crippen molar-refractivity contribution in [3.05, 3.63) is 0 Å². The molecule has 0 aromatic heterocycles. The SMILES string of the molecule is [O]C(F)(Cl)Cl. The van der Waals surface area contributed by atoms with E-state index in [9.17, 15) is 4.39 Å². The van der Waals surface area contributed by atoms with E-state index in [0.717, 1.165) is 0 Å². The molecule has 0 aromatic carbocycles. The molecule has 4 heteroatoms. The van der Waals surface area contributed by atoms with Gasteiger partial charge in [-0.25, -0.2) is 0 Å². The Morgan fingerprint density at radius 2 is 1.60 bits per heavy atom. The molecule has 5 heavy (non-hydrogen) atoms. The zero-order valence-corrected chi connectivity index (χ0v) is 3.55. The molecular formula is CCl2FO. The van der Waals surface area contributed by atoms with Crippen molar-refractivity contribution in [1.29, 1.82) is 0 Å². The lowest BCUT2D eigenvalue weighted by atomic mass is 11.6. The molecule has 1 nitrogen and oxygen atoms in total. The lowest BCUT2D eigenvalue weighted by molar-refractivity contribution is 0.00856. The summed E-state index contributed by atoms with van der Waals surface area (Å²) in [5.74, 6) is 0. The first kappa shape index (κ1) is 5.47. The first-order chi connectivity index (χ1) is 2.00. The zero-order valence-electron chi connectivity index (χ0n) is 2.04. The van der Waals surface area contributed by atoms with Crippen LogP contribution in [0.15, 0.2) is 0 Å². The molecule has 1 radical (unpaired) electrons. The molecule has 0 saturated carbocycles. The monoisotopic (exact) mass is 117 g/mol. The van der Waals surface area contributed by atoms with Crippen molar-refractivity contribution in [3.8, 4) is 0 Å². The largest absolute Gasteiger partial charge is 0.393 e. The van der Waals surface area contributed by atoms with Gasteiger partial charge in [-0.05, 0) is 23.2 Å². The van der Waals surface area contributed by atoms with E-state index in [1.165, 1.54) is 0 Å². The average molecular weight is 118 g/mol. The van der Waals surface area contributed by atoms with Crippen LogP contribution in [0.4, 0.5) is 4.39 Å². The van der Waals surface area contributed by atoms with Crippen LogP contribution in [-0.4, -0.2) is 4.77 Å². The van der Waals surface area contributed by atoms with Crippen molar-refractivity contribution in [2.45, 2.75) is 4.77 Å². The summed E-state index contributed by atoms with van der Waals surface area (Å²) >= 11 is 8.15. The molecule has 0 bridgehead atoms. The molecule has 0 aliphatic heterocycles. The maximum atomic E-state index is 10.7. The van der Waals surface area contributed by atoms with Crippen LogP contribution in [-0.2, 0) is 5.11 Å². The fraction of sp³-hybridized carbons (Fsp3) is 1.00. The normalized spacial score (nSPS) is 12.0. The van der Waals surface area contributed by atoms with Crippen molar-refractivity contribution < 1.29 is 9.50 Å². The number of rotatable bonds is 0. The van der Waals surface area contributed by atoms with Gasteiger partial charge >= 0.3 is 4.77 Å². The van der Waals surface area contributed by atoms with Gasteiger partial charge in [0.25, 0.3) is 0 Å². The molecule has 0 saturated heterocycles. The van der Waals surface area contributed by atoms with Crippen LogP contribution in [0, 0.1) is 0 Å². The molecule has 0 fully saturated rings. The summed E-state index contributed by atoms with van der Waals surface area (Å²) in [4.78, 5) is 0. The Hall–Kier alpha value is 0.470. The Morgan fingerprint density at radius 1 is 1.60 bits per heavy atom. The van der Waals surface area contributed by atoms with Crippen LogP contribution in [0.1, 0.15) is 0 Å². The van der Waals surface area contributed by atoms with E-state index in [2.05, 4.69) is 23.2 Å². The minimum Gasteiger partial charge on any atom is -0.174 e. The summed E-state index contributed by atoms with van der Waals surface area (Å²) < 4.78 is 7.36. The third kappa shape index (κ3) is 123. The van der Waals surface area contributed by atoms with E-state index in [1.807, 2.05) is 0 Å². The fourth-order valence-corrected chi connectivity index (χ4v) is 0. The van der Waals surface area contributed by atoms with Gasteiger partial charge < -0.3 is 0 Å². The number of alkyl halides is 3. The predicted octanol–water partition coefficient (Wildman–Crippen LogP) is 1.48. The van der Waals surface area contributed by atoms with Gasteiger partial charge in [0, 0.05) is 0 Å². The molecule has 0 unspecified atom stereocenters. The van der Waals surface area contributed by atoms with Gasteiger partial charge in [0.2, 0.25) is 0 Å². The van der Waals surface area contributed by atoms with Crippen molar-refractivity contribution in [1.82, 2.24) is 0 Å². The summed E-state index contributed by atoms with van der Waals surface area (Å²) in [6.07, 6.45) is 0. The van der Waals surface area contributed by atoms with Gasteiger partial charge in [-0.15, -0.1) is 0 Å². The number of hydrogen-bond acceptors (Lipinski definition) is 0. The summed E-state index contributed by atoms with van der Waals surface area (Å²) in [6, 6.07) is 0. The minimum atomic E-state index is -3.31. The lowest BCUT2D eigenvalue weighted by Gasteiger charge is -1.87. The molecule has 0 aliphatic carbocycles. The average Bonchev–Trinajstić information content (AvgIpc) is 0.722. The molecule has 0 heterocycles. The van der Waals surface area contributed by atoms with E-state index in [4.69, 9.17) is 5.11 Å². The first-order valence-corrected chi connectivity index (χ1v) is 1.53. The van der Waals surface area contributed by atoms with Gasteiger partial charge in [0.1, 0.15) is 0 Å². The molecular weight excluding hydrogens is 118 g/mol. The Bertz CT molecular complexity index is 25.1. The van der Waals surface area contributed by atoms with Crippen molar-refractivity contribution >= 4 is 23.2 Å². The van der Waals surface area contributed by atoms with E-state index in [-0.39, 0.29) is 0 Å². The molecule has 0 N–H and O–H groups in total. The smallest absolute Gasteiger partial charge is 0.174 e. The maximum Gasteiger partial charge on any atom is 0.393 e. The summed E-state index contributed by atoms with van der Waals surface area (Å²) in [5.41, 5.74) is 0. The quantitative estimate of drug-likeness (QED) is 0.429. The second-order valence-electron chi connectivity index (χ2n) is 0.446. The van der Waals surface area contributed by atoms with E-state index < -0.39 is 4.77 Å². The molecule has 31 valence electrons. The fourth-order valence-electron chi connectivity index (χ4n) is 0. The van der Waals surface area contributed by atoms with Gasteiger partial charge in [0.05, 0.1) is 0 Å². The Morgan fingerprint density at radius 3 is 1.60 bits per heavy atom. The van der Waals surface area contributed by atoms with Gasteiger partial charge in [-0.1, -0.05) is 0 Å². The number of halogens is 3. The van der Waals surface area contributed by atoms with Crippen molar-refractivity contribution in [3.63, 3.8) is 0 Å². The third-order valence-electron chi connectivity index (χ3n) is 0. The molecule has 0 aromatic rings. The molecule has 0 rings (SSSR count). The summed E-state index contributed by atoms with van der Waals surface area (Å²) in [6.45, 7) is 0. The third-order valence-corrected chi connectivity index (χ3v) is 0. The second kappa shape index (κ2) is 1.29. The standard InChI is InChI=1S/CCl2FO/c2-1(3,4)5. The van der Waals surface area contributed by atoms with Gasteiger partial charge in [-0.2, -0.15) is 9.50 Å². The summed E-state index contributed by atoms with van der Waals surface area (Å²) in [7, 11) is 0. The van der Waals surface area contributed by atoms with Crippen LogP contribution in [0.3, 0.4) is 0 Å². The van der Waals surface area contributed by atoms with E-state index in [1.54, 1.807) is 0 Å². The van der Waals surface area contributed by atoms with Crippen LogP contribution < -0.4 is 0 Å². The van der Waals surface area contributed by atoms with Crippen LogP contribution in [0.25, 0.3) is 0 Å². The maximum absolute atomic E-state index is 10.7. The van der Waals surface area contributed by atoms with Gasteiger partial charge in [-0.3, -0.25) is 0 Å². The Kier molecular flexibility index (Phi) is 1.41.